The van der Waals surface area contributed by atoms with Crippen LogP contribution in [0.5, 0.6) is 5.75 Å². The van der Waals surface area contributed by atoms with E-state index in [0.29, 0.717) is 42.0 Å². The van der Waals surface area contributed by atoms with E-state index in [-0.39, 0.29) is 23.0 Å². The second kappa shape index (κ2) is 9.58. The Kier molecular flexibility index (Phi) is 7.13. The van der Waals surface area contributed by atoms with Gasteiger partial charge in [-0.1, -0.05) is 29.8 Å². The quantitative estimate of drug-likeness (QED) is 0.690. The van der Waals surface area contributed by atoms with E-state index in [0.717, 1.165) is 12.8 Å². The number of hydrogen-bond acceptors (Lipinski definition) is 5. The third kappa shape index (κ3) is 6.17. The van der Waals surface area contributed by atoms with E-state index in [4.69, 9.17) is 26.2 Å². The first-order chi connectivity index (χ1) is 13.8. The number of halogens is 1. The van der Waals surface area contributed by atoms with E-state index in [1.807, 2.05) is 0 Å². The number of hydrogen-bond donors (Lipinski definition) is 2. The fraction of sp³-hybridized carbons (Fsp3) is 0.350. The average molecular weight is 439 g/mol. The van der Waals surface area contributed by atoms with E-state index in [9.17, 15) is 13.2 Å². The Labute approximate surface area is 175 Å². The first kappa shape index (κ1) is 21.6. The summed E-state index contributed by atoms with van der Waals surface area (Å²) >= 11 is 6.08. The third-order valence-corrected chi connectivity index (χ3v) is 5.96. The molecule has 0 radical (unpaired) electrons. The Bertz CT molecular complexity index is 975. The molecule has 3 N–H and O–H groups in total. The summed E-state index contributed by atoms with van der Waals surface area (Å²) in [6.45, 7) is 1.73. The van der Waals surface area contributed by atoms with Gasteiger partial charge in [0.2, 0.25) is 15.9 Å². The van der Waals surface area contributed by atoms with Crippen LogP contribution in [0.4, 0.5) is 5.69 Å². The summed E-state index contributed by atoms with van der Waals surface area (Å²) in [7, 11) is -4.03. The van der Waals surface area contributed by atoms with E-state index < -0.39 is 10.0 Å². The summed E-state index contributed by atoms with van der Waals surface area (Å²) in [6, 6.07) is 11.4. The SMILES string of the molecule is NS(=O)(=O)c1cc(NC(=O)Cc2ccccc2Cl)ccc1OCC1CCOCC1. The molecule has 1 aliphatic rings. The van der Waals surface area contributed by atoms with E-state index in [2.05, 4.69) is 5.32 Å². The Hall–Kier alpha value is -2.13. The van der Waals surface area contributed by atoms with Crippen LogP contribution in [0.2, 0.25) is 5.02 Å². The van der Waals surface area contributed by atoms with Crippen molar-refractivity contribution in [1.82, 2.24) is 0 Å². The van der Waals surface area contributed by atoms with Gasteiger partial charge in [-0.2, -0.15) is 0 Å². The predicted molar refractivity (Wildman–Crippen MR) is 111 cm³/mol. The number of rotatable bonds is 7. The van der Waals surface area contributed by atoms with Crippen molar-refractivity contribution in [3.8, 4) is 5.75 Å². The highest BCUT2D eigenvalue weighted by atomic mass is 35.5. The number of nitrogens with two attached hydrogens (primary N) is 1. The van der Waals surface area contributed by atoms with Crippen LogP contribution < -0.4 is 15.2 Å². The molecule has 156 valence electrons. The molecule has 0 aromatic heterocycles. The lowest BCUT2D eigenvalue weighted by atomic mass is 10.0. The van der Waals surface area contributed by atoms with Crippen LogP contribution in [-0.4, -0.2) is 34.1 Å². The van der Waals surface area contributed by atoms with Gasteiger partial charge in [0.05, 0.1) is 13.0 Å². The molecule has 3 rings (SSSR count). The molecule has 29 heavy (non-hydrogen) atoms. The van der Waals surface area contributed by atoms with Crippen LogP contribution in [0.1, 0.15) is 18.4 Å². The van der Waals surface area contributed by atoms with Gasteiger partial charge in [0, 0.05) is 23.9 Å². The van der Waals surface area contributed by atoms with Crippen LogP contribution >= 0.6 is 11.6 Å². The fourth-order valence-corrected chi connectivity index (χ4v) is 3.97. The summed E-state index contributed by atoms with van der Waals surface area (Å²) in [5, 5.41) is 8.52. The molecule has 0 saturated carbocycles. The minimum absolute atomic E-state index is 0.0619. The van der Waals surface area contributed by atoms with Crippen molar-refractivity contribution in [3.63, 3.8) is 0 Å². The van der Waals surface area contributed by atoms with Crippen LogP contribution in [0, 0.1) is 5.92 Å². The zero-order valence-electron chi connectivity index (χ0n) is 15.8. The number of ether oxygens (including phenoxy) is 2. The third-order valence-electron chi connectivity index (χ3n) is 4.66. The number of amides is 1. The molecule has 9 heteroatoms. The van der Waals surface area contributed by atoms with Gasteiger partial charge < -0.3 is 14.8 Å². The Morgan fingerprint density at radius 2 is 1.93 bits per heavy atom. The highest BCUT2D eigenvalue weighted by Gasteiger charge is 2.20. The van der Waals surface area contributed by atoms with Crippen molar-refractivity contribution in [2.75, 3.05) is 25.1 Å². The number of anilines is 1. The molecule has 7 nitrogen and oxygen atoms in total. The highest BCUT2D eigenvalue weighted by molar-refractivity contribution is 7.89. The van der Waals surface area contributed by atoms with Gasteiger partial charge in [-0.05, 0) is 48.6 Å². The monoisotopic (exact) mass is 438 g/mol. The molecule has 1 aliphatic heterocycles. The average Bonchev–Trinajstić information content (AvgIpc) is 2.69. The Morgan fingerprint density at radius 3 is 2.62 bits per heavy atom. The summed E-state index contributed by atoms with van der Waals surface area (Å²) in [4.78, 5) is 12.2. The second-order valence-electron chi connectivity index (χ2n) is 6.89. The topological polar surface area (TPSA) is 108 Å². The molecule has 0 atom stereocenters. The predicted octanol–water partition coefficient (Wildman–Crippen LogP) is 2.97. The summed E-state index contributed by atoms with van der Waals surface area (Å²) in [6.07, 6.45) is 1.79. The van der Waals surface area contributed by atoms with Gasteiger partial charge in [-0.25, -0.2) is 13.6 Å². The van der Waals surface area contributed by atoms with Gasteiger partial charge in [-0.3, -0.25) is 4.79 Å². The summed E-state index contributed by atoms with van der Waals surface area (Å²) < 4.78 is 35.1. The summed E-state index contributed by atoms with van der Waals surface area (Å²) in [5.74, 6) is 0.143. The molecule has 1 heterocycles. The molecule has 1 fully saturated rings. The Morgan fingerprint density at radius 1 is 1.21 bits per heavy atom. The lowest BCUT2D eigenvalue weighted by Crippen LogP contribution is -2.22. The largest absolute Gasteiger partial charge is 0.492 e. The number of carbonyl (C=O) groups excluding carboxylic acids is 1. The number of primary sulfonamides is 1. The first-order valence-electron chi connectivity index (χ1n) is 9.23. The van der Waals surface area contributed by atoms with Gasteiger partial charge >= 0.3 is 0 Å². The second-order valence-corrected chi connectivity index (χ2v) is 8.83. The minimum Gasteiger partial charge on any atom is -0.492 e. The van der Waals surface area contributed by atoms with Crippen LogP contribution in [-0.2, 0) is 26.0 Å². The molecule has 0 unspecified atom stereocenters. The van der Waals surface area contributed by atoms with Gasteiger partial charge in [0.1, 0.15) is 10.6 Å². The molecule has 1 saturated heterocycles. The number of benzene rings is 2. The fourth-order valence-electron chi connectivity index (χ4n) is 3.07. The maximum atomic E-state index is 12.3. The van der Waals surface area contributed by atoms with Crippen molar-refractivity contribution in [3.05, 3.63) is 53.1 Å². The molecule has 2 aromatic carbocycles. The van der Waals surface area contributed by atoms with E-state index in [1.54, 1.807) is 30.3 Å². The zero-order chi connectivity index (χ0) is 20.9. The van der Waals surface area contributed by atoms with Crippen LogP contribution in [0.15, 0.2) is 47.4 Å². The molecular formula is C20H23ClN2O5S. The maximum Gasteiger partial charge on any atom is 0.241 e. The van der Waals surface area contributed by atoms with Gasteiger partial charge in [0.25, 0.3) is 0 Å². The molecular weight excluding hydrogens is 416 g/mol. The smallest absolute Gasteiger partial charge is 0.241 e. The standard InChI is InChI=1S/C20H23ClN2O5S/c21-17-4-2-1-3-15(17)11-20(24)23-16-5-6-18(19(12-16)29(22,25)26)28-13-14-7-9-27-10-8-14/h1-6,12,14H,7-11,13H2,(H,23,24)(H2,22,25,26). The number of nitrogens with one attached hydrogen (secondary N) is 1. The van der Waals surface area contributed by atoms with Gasteiger partial charge in [-0.15, -0.1) is 0 Å². The first-order valence-corrected chi connectivity index (χ1v) is 11.2. The zero-order valence-corrected chi connectivity index (χ0v) is 17.3. The highest BCUT2D eigenvalue weighted by Crippen LogP contribution is 2.28. The number of carbonyl (C=O) groups is 1. The number of sulfonamides is 1. The molecule has 0 spiro atoms. The molecule has 2 aromatic rings. The van der Waals surface area contributed by atoms with E-state index >= 15 is 0 Å². The van der Waals surface area contributed by atoms with Gasteiger partial charge in [0.15, 0.2) is 0 Å². The van der Waals surface area contributed by atoms with Crippen molar-refractivity contribution in [1.29, 1.82) is 0 Å². The molecule has 1 amide bonds. The lowest BCUT2D eigenvalue weighted by molar-refractivity contribution is -0.115. The van der Waals surface area contributed by atoms with Crippen molar-refractivity contribution in [2.45, 2.75) is 24.2 Å². The van der Waals surface area contributed by atoms with Crippen LogP contribution in [0.25, 0.3) is 0 Å². The maximum absolute atomic E-state index is 12.3. The van der Waals surface area contributed by atoms with Crippen LogP contribution in [0.3, 0.4) is 0 Å². The minimum atomic E-state index is -4.03. The molecule has 0 aliphatic carbocycles. The molecule has 0 bridgehead atoms. The van der Waals surface area contributed by atoms with Crippen molar-refractivity contribution < 1.29 is 22.7 Å². The summed E-state index contributed by atoms with van der Waals surface area (Å²) in [5.41, 5.74) is 0.985. The lowest BCUT2D eigenvalue weighted by Gasteiger charge is -2.22. The van der Waals surface area contributed by atoms with Crippen molar-refractivity contribution in [2.24, 2.45) is 11.1 Å². The van der Waals surface area contributed by atoms with E-state index in [1.165, 1.54) is 12.1 Å². The van der Waals surface area contributed by atoms with Crippen molar-refractivity contribution >= 4 is 33.2 Å². The normalized spacial score (nSPS) is 15.1. The Balaban J connectivity index is 1.71.